The number of hydrogen-bond donors (Lipinski definition) is 4. The van der Waals surface area contributed by atoms with E-state index in [-0.39, 0.29) is 11.5 Å². The van der Waals surface area contributed by atoms with Gasteiger partial charge in [-0.15, -0.1) is 4.73 Å². The first-order valence-electron chi connectivity index (χ1n) is 10.7. The Hall–Kier alpha value is -3.42. The summed E-state index contributed by atoms with van der Waals surface area (Å²) < 4.78 is 0.632. The molecule has 2 aromatic heterocycles. The molecule has 3 rings (SSSR count). The molecule has 1 aromatic carbocycles. The maximum absolute atomic E-state index is 12.7. The SMILES string of the molecule is CCCCCCCCCC(=O)Nc1cc(C(=O)On2c(O)ccc2O)c2cc[nH]c2c1. The number of carbonyl (C=O) groups excluding carboxylic acids is 2. The first-order chi connectivity index (χ1) is 15.0. The van der Waals surface area contributed by atoms with Crippen LogP contribution in [0.2, 0.25) is 0 Å². The van der Waals surface area contributed by atoms with Crippen LogP contribution in [-0.2, 0) is 4.79 Å². The molecule has 31 heavy (non-hydrogen) atoms. The Bertz CT molecular complexity index is 1020. The lowest BCUT2D eigenvalue weighted by molar-refractivity contribution is -0.116. The zero-order valence-electron chi connectivity index (χ0n) is 17.7. The quantitative estimate of drug-likeness (QED) is 0.330. The Labute approximate surface area is 180 Å². The summed E-state index contributed by atoms with van der Waals surface area (Å²) >= 11 is 0. The van der Waals surface area contributed by atoms with Crippen molar-refractivity contribution >= 4 is 28.5 Å². The first kappa shape index (κ1) is 22.3. The summed E-state index contributed by atoms with van der Waals surface area (Å²) in [5, 5.41) is 22.8. The van der Waals surface area contributed by atoms with Gasteiger partial charge in [0.25, 0.3) is 0 Å². The number of rotatable bonds is 11. The van der Waals surface area contributed by atoms with Crippen molar-refractivity contribution < 1.29 is 24.6 Å². The van der Waals surface area contributed by atoms with Crippen molar-refractivity contribution in [1.29, 1.82) is 0 Å². The number of hydrogen-bond acceptors (Lipinski definition) is 5. The molecule has 3 aromatic rings. The molecular weight excluding hydrogens is 398 g/mol. The van der Waals surface area contributed by atoms with Gasteiger partial charge in [-0.1, -0.05) is 45.4 Å². The number of unbranched alkanes of at least 4 members (excludes halogenated alkanes) is 6. The van der Waals surface area contributed by atoms with Crippen LogP contribution in [0.15, 0.2) is 36.5 Å². The van der Waals surface area contributed by atoms with Crippen LogP contribution in [0.25, 0.3) is 10.9 Å². The summed E-state index contributed by atoms with van der Waals surface area (Å²) in [7, 11) is 0. The van der Waals surface area contributed by atoms with Crippen molar-refractivity contribution in [2.45, 2.75) is 58.3 Å². The summed E-state index contributed by atoms with van der Waals surface area (Å²) in [6.45, 7) is 2.19. The number of nitrogens with zero attached hydrogens (tertiary/aromatic N) is 1. The van der Waals surface area contributed by atoms with E-state index in [1.807, 2.05) is 0 Å². The zero-order valence-corrected chi connectivity index (χ0v) is 17.7. The molecule has 8 heteroatoms. The molecule has 0 unspecified atom stereocenters. The third-order valence-corrected chi connectivity index (χ3v) is 5.15. The number of aromatic nitrogens is 2. The van der Waals surface area contributed by atoms with Crippen LogP contribution in [0, 0.1) is 0 Å². The first-order valence-corrected chi connectivity index (χ1v) is 10.7. The van der Waals surface area contributed by atoms with Crippen molar-refractivity contribution in [3.63, 3.8) is 0 Å². The van der Waals surface area contributed by atoms with Crippen molar-refractivity contribution in [1.82, 2.24) is 9.71 Å². The molecule has 2 heterocycles. The van der Waals surface area contributed by atoms with Gasteiger partial charge in [-0.05, 0) is 24.6 Å². The summed E-state index contributed by atoms with van der Waals surface area (Å²) in [6, 6.07) is 7.40. The van der Waals surface area contributed by atoms with Gasteiger partial charge in [0, 0.05) is 41.3 Å². The fourth-order valence-electron chi connectivity index (χ4n) is 3.50. The van der Waals surface area contributed by atoms with Crippen LogP contribution in [0.5, 0.6) is 11.8 Å². The Morgan fingerprint density at radius 2 is 1.68 bits per heavy atom. The van der Waals surface area contributed by atoms with E-state index in [4.69, 9.17) is 4.84 Å². The Balaban J connectivity index is 1.63. The van der Waals surface area contributed by atoms with E-state index < -0.39 is 17.7 Å². The topological polar surface area (TPSA) is 117 Å². The van der Waals surface area contributed by atoms with Gasteiger partial charge in [-0.25, -0.2) is 4.79 Å². The highest BCUT2D eigenvalue weighted by atomic mass is 16.7. The number of carbonyl (C=O) groups is 2. The summed E-state index contributed by atoms with van der Waals surface area (Å²) in [4.78, 5) is 33.2. The van der Waals surface area contributed by atoms with Crippen molar-refractivity contribution in [3.8, 4) is 11.8 Å². The van der Waals surface area contributed by atoms with Crippen LogP contribution in [0.1, 0.15) is 68.6 Å². The minimum absolute atomic E-state index is 0.112. The minimum atomic E-state index is -0.783. The van der Waals surface area contributed by atoms with E-state index >= 15 is 0 Å². The standard InChI is InChI=1S/C23H29N3O5/c1-2-3-4-5-6-7-8-9-20(27)25-16-14-18(17-12-13-24-19(17)15-16)23(30)31-26-21(28)10-11-22(26)29/h10-15,24,28-29H,2-9H2,1H3,(H,25,27). The molecule has 0 saturated heterocycles. The Kier molecular flexibility index (Phi) is 7.59. The number of anilines is 1. The normalized spacial score (nSPS) is 11.0. The fourth-order valence-corrected chi connectivity index (χ4v) is 3.50. The lowest BCUT2D eigenvalue weighted by Crippen LogP contribution is -2.20. The van der Waals surface area contributed by atoms with Gasteiger partial charge < -0.3 is 25.4 Å². The van der Waals surface area contributed by atoms with E-state index in [0.717, 1.165) is 19.3 Å². The number of aromatic hydroxyl groups is 2. The molecule has 0 atom stereocenters. The van der Waals surface area contributed by atoms with Crippen LogP contribution in [-0.4, -0.2) is 31.8 Å². The zero-order chi connectivity index (χ0) is 22.2. The number of amides is 1. The highest BCUT2D eigenvalue weighted by Gasteiger charge is 2.19. The monoisotopic (exact) mass is 427 g/mol. The van der Waals surface area contributed by atoms with Gasteiger partial charge in [0.05, 0.1) is 5.56 Å². The van der Waals surface area contributed by atoms with Crippen LogP contribution < -0.4 is 10.2 Å². The van der Waals surface area contributed by atoms with E-state index in [9.17, 15) is 19.8 Å². The van der Waals surface area contributed by atoms with Gasteiger partial charge >= 0.3 is 5.97 Å². The Morgan fingerprint density at radius 1 is 1.00 bits per heavy atom. The van der Waals surface area contributed by atoms with Gasteiger partial charge in [-0.3, -0.25) is 4.79 Å². The molecule has 0 aliphatic rings. The molecule has 8 nitrogen and oxygen atoms in total. The second-order valence-electron chi connectivity index (χ2n) is 7.61. The Morgan fingerprint density at radius 3 is 2.39 bits per heavy atom. The van der Waals surface area contributed by atoms with Gasteiger partial charge in [-0.2, -0.15) is 0 Å². The second kappa shape index (κ2) is 10.6. The lowest BCUT2D eigenvalue weighted by atomic mass is 10.1. The lowest BCUT2D eigenvalue weighted by Gasteiger charge is -2.10. The van der Waals surface area contributed by atoms with Crippen LogP contribution in [0.3, 0.4) is 0 Å². The fraction of sp³-hybridized carbons (Fsp3) is 0.391. The highest BCUT2D eigenvalue weighted by molar-refractivity contribution is 6.06. The summed E-state index contributed by atoms with van der Waals surface area (Å²) in [5.74, 6) is -1.71. The molecule has 0 aliphatic heterocycles. The number of aromatic amines is 1. The molecule has 0 fully saturated rings. The molecule has 0 spiro atoms. The maximum Gasteiger partial charge on any atom is 0.364 e. The number of fused-ring (bicyclic) bond motifs is 1. The molecule has 1 amide bonds. The van der Waals surface area contributed by atoms with Crippen LogP contribution in [0.4, 0.5) is 5.69 Å². The van der Waals surface area contributed by atoms with E-state index in [2.05, 4.69) is 17.2 Å². The third kappa shape index (κ3) is 5.81. The number of benzene rings is 1. The highest BCUT2D eigenvalue weighted by Crippen LogP contribution is 2.25. The molecule has 166 valence electrons. The second-order valence-corrected chi connectivity index (χ2v) is 7.61. The molecule has 0 saturated carbocycles. The molecule has 0 aliphatic carbocycles. The average molecular weight is 428 g/mol. The molecule has 0 radical (unpaired) electrons. The smallest absolute Gasteiger partial charge is 0.364 e. The average Bonchev–Trinajstić information content (AvgIpc) is 3.34. The largest absolute Gasteiger partial charge is 0.492 e. The predicted octanol–water partition coefficient (Wildman–Crippen LogP) is 4.73. The molecule has 4 N–H and O–H groups in total. The van der Waals surface area contributed by atoms with Crippen LogP contribution >= 0.6 is 0 Å². The van der Waals surface area contributed by atoms with Crippen molar-refractivity contribution in [2.75, 3.05) is 5.32 Å². The molecular formula is C23H29N3O5. The maximum atomic E-state index is 12.7. The van der Waals surface area contributed by atoms with E-state index in [1.54, 1.807) is 18.3 Å². The molecule has 0 bridgehead atoms. The van der Waals surface area contributed by atoms with Gasteiger partial charge in [0.2, 0.25) is 17.7 Å². The van der Waals surface area contributed by atoms with E-state index in [0.29, 0.717) is 27.7 Å². The van der Waals surface area contributed by atoms with Crippen molar-refractivity contribution in [3.05, 3.63) is 42.1 Å². The van der Waals surface area contributed by atoms with E-state index in [1.165, 1.54) is 43.9 Å². The van der Waals surface area contributed by atoms with Gasteiger partial charge in [0.15, 0.2) is 0 Å². The number of H-pyrrole nitrogens is 1. The van der Waals surface area contributed by atoms with Gasteiger partial charge in [0.1, 0.15) is 0 Å². The minimum Gasteiger partial charge on any atom is -0.492 e. The third-order valence-electron chi connectivity index (χ3n) is 5.15. The van der Waals surface area contributed by atoms with Crippen molar-refractivity contribution in [2.24, 2.45) is 0 Å². The summed E-state index contributed by atoms with van der Waals surface area (Å²) in [6.07, 6.45) is 10.0. The summed E-state index contributed by atoms with van der Waals surface area (Å²) in [5.41, 5.74) is 1.31. The predicted molar refractivity (Wildman–Crippen MR) is 118 cm³/mol. The number of nitrogens with one attached hydrogen (secondary N) is 2.